The Morgan fingerprint density at radius 1 is 1.41 bits per heavy atom. The summed E-state index contributed by atoms with van der Waals surface area (Å²) in [7, 11) is -1.92. The number of rotatable bonds is 4. The lowest BCUT2D eigenvalue weighted by molar-refractivity contribution is 0.0963. The van der Waals surface area contributed by atoms with Gasteiger partial charge in [0.15, 0.2) is 0 Å². The minimum Gasteiger partial charge on any atom is -0.355 e. The van der Waals surface area contributed by atoms with E-state index in [0.29, 0.717) is 5.56 Å². The lowest BCUT2D eigenvalue weighted by atomic mass is 10.2. The summed E-state index contributed by atoms with van der Waals surface area (Å²) in [5.41, 5.74) is 0.542. The maximum absolute atomic E-state index is 11.4. The molecule has 0 heterocycles. The second-order valence-corrected chi connectivity index (χ2v) is 5.70. The van der Waals surface area contributed by atoms with Crippen molar-refractivity contribution < 1.29 is 13.2 Å². The topological polar surface area (TPSA) is 75.3 Å². The Labute approximate surface area is 105 Å². The van der Waals surface area contributed by atoms with Crippen molar-refractivity contribution in [2.75, 3.05) is 17.5 Å². The SMILES string of the molecule is CCS(=O)(=O)Nc1cc(C(=O)NC)ccc1Cl. The Morgan fingerprint density at radius 3 is 2.59 bits per heavy atom. The van der Waals surface area contributed by atoms with Gasteiger partial charge >= 0.3 is 0 Å². The Kier molecular flexibility index (Phi) is 4.36. The van der Waals surface area contributed by atoms with Gasteiger partial charge in [-0.25, -0.2) is 8.42 Å². The summed E-state index contributed by atoms with van der Waals surface area (Å²) < 4.78 is 25.1. The van der Waals surface area contributed by atoms with E-state index in [0.717, 1.165) is 0 Å². The zero-order valence-corrected chi connectivity index (χ0v) is 11.0. The smallest absolute Gasteiger partial charge is 0.251 e. The van der Waals surface area contributed by atoms with Crippen LogP contribution in [0.25, 0.3) is 0 Å². The van der Waals surface area contributed by atoms with Gasteiger partial charge in [0, 0.05) is 12.6 Å². The molecule has 1 aromatic carbocycles. The van der Waals surface area contributed by atoms with Crippen molar-refractivity contribution in [3.63, 3.8) is 0 Å². The molecule has 0 radical (unpaired) electrons. The average molecular weight is 277 g/mol. The zero-order valence-electron chi connectivity index (χ0n) is 9.45. The van der Waals surface area contributed by atoms with Crippen LogP contribution in [0.15, 0.2) is 18.2 Å². The fraction of sp³-hybridized carbons (Fsp3) is 0.300. The molecule has 0 aliphatic heterocycles. The highest BCUT2D eigenvalue weighted by molar-refractivity contribution is 7.92. The van der Waals surface area contributed by atoms with Crippen LogP contribution in [0.5, 0.6) is 0 Å². The number of benzene rings is 1. The van der Waals surface area contributed by atoms with Crippen molar-refractivity contribution in [2.24, 2.45) is 0 Å². The second-order valence-electron chi connectivity index (χ2n) is 3.28. The summed E-state index contributed by atoms with van der Waals surface area (Å²) in [6.45, 7) is 1.51. The molecule has 0 spiro atoms. The van der Waals surface area contributed by atoms with Crippen LogP contribution in [0, 0.1) is 0 Å². The summed E-state index contributed by atoms with van der Waals surface area (Å²) >= 11 is 5.85. The highest BCUT2D eigenvalue weighted by atomic mass is 35.5. The third-order valence-electron chi connectivity index (χ3n) is 2.10. The quantitative estimate of drug-likeness (QED) is 0.874. The van der Waals surface area contributed by atoms with Gasteiger partial charge in [0.2, 0.25) is 10.0 Å². The van der Waals surface area contributed by atoms with Crippen LogP contribution in [0.1, 0.15) is 17.3 Å². The molecule has 17 heavy (non-hydrogen) atoms. The van der Waals surface area contributed by atoms with Crippen LogP contribution in [0.3, 0.4) is 0 Å². The summed E-state index contributed by atoms with van der Waals surface area (Å²) in [4.78, 5) is 11.4. The molecule has 2 N–H and O–H groups in total. The maximum atomic E-state index is 11.4. The van der Waals surface area contributed by atoms with Gasteiger partial charge in [-0.3, -0.25) is 9.52 Å². The van der Waals surface area contributed by atoms with Gasteiger partial charge in [0.05, 0.1) is 16.5 Å². The molecule has 0 saturated heterocycles. The molecule has 5 nitrogen and oxygen atoms in total. The first-order chi connectivity index (χ1) is 7.89. The average Bonchev–Trinajstić information content (AvgIpc) is 2.30. The third kappa shape index (κ3) is 3.61. The number of nitrogens with one attached hydrogen (secondary N) is 2. The first-order valence-corrected chi connectivity index (χ1v) is 6.94. The van der Waals surface area contributed by atoms with Crippen LogP contribution < -0.4 is 10.0 Å². The summed E-state index contributed by atoms with van der Waals surface area (Å²) in [6, 6.07) is 4.39. The van der Waals surface area contributed by atoms with Gasteiger partial charge in [0.1, 0.15) is 0 Å². The maximum Gasteiger partial charge on any atom is 0.251 e. The Morgan fingerprint density at radius 2 is 2.06 bits per heavy atom. The van der Waals surface area contributed by atoms with Crippen molar-refractivity contribution in [3.8, 4) is 0 Å². The molecule has 0 bridgehead atoms. The lowest BCUT2D eigenvalue weighted by Crippen LogP contribution is -2.19. The van der Waals surface area contributed by atoms with Gasteiger partial charge in [-0.2, -0.15) is 0 Å². The molecular formula is C10H13ClN2O3S. The standard InChI is InChI=1S/C10H13ClN2O3S/c1-3-17(15,16)13-9-6-7(10(14)12-2)4-5-8(9)11/h4-6,13H,3H2,1-2H3,(H,12,14). The molecular weight excluding hydrogens is 264 g/mol. The van der Waals surface area contributed by atoms with E-state index in [4.69, 9.17) is 11.6 Å². The monoisotopic (exact) mass is 276 g/mol. The van der Waals surface area contributed by atoms with E-state index < -0.39 is 10.0 Å². The van der Waals surface area contributed by atoms with E-state index in [1.807, 2.05) is 0 Å². The summed E-state index contributed by atoms with van der Waals surface area (Å²) in [5, 5.41) is 2.69. The molecule has 0 fully saturated rings. The van der Waals surface area contributed by atoms with Gasteiger partial charge < -0.3 is 5.32 Å². The van der Waals surface area contributed by atoms with E-state index in [1.54, 1.807) is 0 Å². The number of anilines is 1. The minimum atomic E-state index is -3.41. The lowest BCUT2D eigenvalue weighted by Gasteiger charge is -2.09. The molecule has 1 rings (SSSR count). The van der Waals surface area contributed by atoms with Crippen molar-refractivity contribution >= 4 is 33.2 Å². The molecule has 94 valence electrons. The molecule has 0 saturated carbocycles. The van der Waals surface area contributed by atoms with Crippen molar-refractivity contribution in [3.05, 3.63) is 28.8 Å². The summed E-state index contributed by atoms with van der Waals surface area (Å²) in [5.74, 6) is -0.369. The molecule has 1 aromatic rings. The van der Waals surface area contributed by atoms with Crippen LogP contribution in [-0.4, -0.2) is 27.1 Å². The van der Waals surface area contributed by atoms with E-state index in [2.05, 4.69) is 10.0 Å². The molecule has 7 heteroatoms. The molecule has 0 aromatic heterocycles. The molecule has 1 amide bonds. The van der Waals surface area contributed by atoms with E-state index in [9.17, 15) is 13.2 Å². The van der Waals surface area contributed by atoms with Gasteiger partial charge in [0.25, 0.3) is 5.91 Å². The van der Waals surface area contributed by atoms with Gasteiger partial charge in [-0.05, 0) is 25.1 Å². The first-order valence-electron chi connectivity index (χ1n) is 4.91. The highest BCUT2D eigenvalue weighted by Crippen LogP contribution is 2.24. The number of carbonyl (C=O) groups excluding carboxylic acids is 1. The zero-order chi connectivity index (χ0) is 13.1. The van der Waals surface area contributed by atoms with E-state index in [-0.39, 0.29) is 22.4 Å². The van der Waals surface area contributed by atoms with E-state index >= 15 is 0 Å². The summed E-state index contributed by atoms with van der Waals surface area (Å²) in [6.07, 6.45) is 0. The predicted octanol–water partition coefficient (Wildman–Crippen LogP) is 1.46. The van der Waals surface area contributed by atoms with Crippen molar-refractivity contribution in [1.82, 2.24) is 5.32 Å². The van der Waals surface area contributed by atoms with Crippen LogP contribution in [0.2, 0.25) is 5.02 Å². The first kappa shape index (κ1) is 13.8. The Bertz CT molecular complexity index is 528. The minimum absolute atomic E-state index is 0.0620. The van der Waals surface area contributed by atoms with E-state index in [1.165, 1.54) is 32.2 Å². The highest BCUT2D eigenvalue weighted by Gasteiger charge is 2.12. The van der Waals surface area contributed by atoms with Crippen molar-refractivity contribution in [1.29, 1.82) is 0 Å². The number of hydrogen-bond donors (Lipinski definition) is 2. The molecule has 0 aliphatic carbocycles. The van der Waals surface area contributed by atoms with Gasteiger partial charge in [-0.15, -0.1) is 0 Å². The molecule has 0 aliphatic rings. The number of amides is 1. The normalized spacial score (nSPS) is 11.0. The number of hydrogen-bond acceptors (Lipinski definition) is 3. The third-order valence-corrected chi connectivity index (χ3v) is 3.72. The molecule has 0 atom stereocenters. The molecule has 0 unspecified atom stereocenters. The Hall–Kier alpha value is -1.27. The largest absolute Gasteiger partial charge is 0.355 e. The van der Waals surface area contributed by atoms with Crippen LogP contribution >= 0.6 is 11.6 Å². The van der Waals surface area contributed by atoms with Crippen LogP contribution in [0.4, 0.5) is 5.69 Å². The fourth-order valence-electron chi connectivity index (χ4n) is 1.13. The Balaban J connectivity index is 3.11. The van der Waals surface area contributed by atoms with Crippen LogP contribution in [-0.2, 0) is 10.0 Å². The number of carbonyl (C=O) groups is 1. The number of halogens is 1. The number of sulfonamides is 1. The predicted molar refractivity (Wildman–Crippen MR) is 67.9 cm³/mol. The fourth-order valence-corrected chi connectivity index (χ4v) is 2.00. The second kappa shape index (κ2) is 5.37. The van der Waals surface area contributed by atoms with Crippen molar-refractivity contribution in [2.45, 2.75) is 6.92 Å². The van der Waals surface area contributed by atoms with Gasteiger partial charge in [-0.1, -0.05) is 11.6 Å².